The van der Waals surface area contributed by atoms with Crippen molar-refractivity contribution < 1.29 is 9.84 Å². The number of hydrogen-bond donors (Lipinski definition) is 2. The second-order valence-corrected chi connectivity index (χ2v) is 4.71. The zero-order valence-corrected chi connectivity index (χ0v) is 11.4. The highest BCUT2D eigenvalue weighted by atomic mass is 35.5. The minimum atomic E-state index is -0.0931. The number of nitrogens with one attached hydrogen (secondary N) is 1. The average molecular weight is 278 g/mol. The zero-order chi connectivity index (χ0) is 12.8. The Hall–Kier alpha value is -0.320. The predicted octanol–water partition coefficient (Wildman–Crippen LogP) is 2.65. The van der Waals surface area contributed by atoms with Crippen molar-refractivity contribution in [3.63, 3.8) is 0 Å². The van der Waals surface area contributed by atoms with Crippen LogP contribution in [0, 0.1) is 0 Å². The minimum absolute atomic E-state index is 0.0273. The first-order valence-corrected chi connectivity index (χ1v) is 6.14. The molecule has 0 aliphatic carbocycles. The van der Waals surface area contributed by atoms with Gasteiger partial charge in [0.05, 0.1) is 29.3 Å². The van der Waals surface area contributed by atoms with Crippen LogP contribution in [0.25, 0.3) is 0 Å². The van der Waals surface area contributed by atoms with Crippen molar-refractivity contribution in [2.75, 3.05) is 20.3 Å². The quantitative estimate of drug-likeness (QED) is 0.840. The molecule has 0 aromatic heterocycles. The fourth-order valence-electron chi connectivity index (χ4n) is 1.59. The van der Waals surface area contributed by atoms with Crippen LogP contribution in [0.1, 0.15) is 18.5 Å². The fraction of sp³-hybridized carbons (Fsp3) is 0.500. The minimum Gasteiger partial charge on any atom is -0.395 e. The number of aliphatic hydroxyl groups is 1. The van der Waals surface area contributed by atoms with E-state index in [4.69, 9.17) is 33.0 Å². The normalized spacial score (nSPS) is 14.6. The van der Waals surface area contributed by atoms with Crippen molar-refractivity contribution in [3.05, 3.63) is 33.8 Å². The van der Waals surface area contributed by atoms with Crippen LogP contribution in [0.15, 0.2) is 18.2 Å². The van der Waals surface area contributed by atoms with Gasteiger partial charge in [0, 0.05) is 13.2 Å². The summed E-state index contributed by atoms with van der Waals surface area (Å²) in [6.07, 6.45) is 0. The van der Waals surface area contributed by atoms with E-state index in [2.05, 4.69) is 5.32 Å². The molecular formula is C12H17Cl2NO2. The summed E-state index contributed by atoms with van der Waals surface area (Å²) in [6.45, 7) is 2.49. The van der Waals surface area contributed by atoms with Gasteiger partial charge in [0.25, 0.3) is 0 Å². The summed E-state index contributed by atoms with van der Waals surface area (Å²) in [5.74, 6) is 0. The molecule has 0 fully saturated rings. The van der Waals surface area contributed by atoms with Gasteiger partial charge in [-0.3, -0.25) is 0 Å². The van der Waals surface area contributed by atoms with E-state index in [0.717, 1.165) is 5.56 Å². The molecule has 1 aromatic carbocycles. The summed E-state index contributed by atoms with van der Waals surface area (Å²) in [4.78, 5) is 0. The molecule has 2 unspecified atom stereocenters. The van der Waals surface area contributed by atoms with Crippen LogP contribution in [0.2, 0.25) is 10.0 Å². The molecule has 0 aliphatic rings. The monoisotopic (exact) mass is 277 g/mol. The van der Waals surface area contributed by atoms with Crippen LogP contribution in [0.5, 0.6) is 0 Å². The summed E-state index contributed by atoms with van der Waals surface area (Å²) in [6, 6.07) is 5.47. The second-order valence-electron chi connectivity index (χ2n) is 3.90. The molecular weight excluding hydrogens is 261 g/mol. The first-order valence-electron chi connectivity index (χ1n) is 5.39. The maximum atomic E-state index is 9.16. The van der Waals surface area contributed by atoms with Crippen LogP contribution >= 0.6 is 23.2 Å². The molecule has 3 nitrogen and oxygen atoms in total. The Morgan fingerprint density at radius 2 is 2.06 bits per heavy atom. The van der Waals surface area contributed by atoms with E-state index < -0.39 is 0 Å². The maximum Gasteiger partial charge on any atom is 0.0638 e. The van der Waals surface area contributed by atoms with Gasteiger partial charge in [-0.25, -0.2) is 0 Å². The van der Waals surface area contributed by atoms with E-state index in [1.54, 1.807) is 13.2 Å². The molecule has 1 rings (SSSR count). The van der Waals surface area contributed by atoms with Gasteiger partial charge in [-0.2, -0.15) is 0 Å². The lowest BCUT2D eigenvalue weighted by Gasteiger charge is -2.21. The van der Waals surface area contributed by atoms with Crippen molar-refractivity contribution in [1.82, 2.24) is 5.32 Å². The molecule has 5 heteroatoms. The number of methoxy groups -OCH3 is 1. The summed E-state index contributed by atoms with van der Waals surface area (Å²) < 4.78 is 5.00. The largest absolute Gasteiger partial charge is 0.395 e. The zero-order valence-electron chi connectivity index (χ0n) is 9.91. The third-order valence-electron chi connectivity index (χ3n) is 2.52. The molecule has 0 radical (unpaired) electrons. The van der Waals surface area contributed by atoms with Gasteiger partial charge in [0.2, 0.25) is 0 Å². The molecule has 0 heterocycles. The third kappa shape index (κ3) is 4.45. The Morgan fingerprint density at radius 3 is 2.59 bits per heavy atom. The van der Waals surface area contributed by atoms with Gasteiger partial charge >= 0.3 is 0 Å². The first-order chi connectivity index (χ1) is 8.08. The van der Waals surface area contributed by atoms with Crippen molar-refractivity contribution in [3.8, 4) is 0 Å². The summed E-state index contributed by atoms with van der Waals surface area (Å²) >= 11 is 11.8. The first kappa shape index (κ1) is 14.7. The lowest BCUT2D eigenvalue weighted by molar-refractivity contribution is 0.123. The average Bonchev–Trinajstić information content (AvgIpc) is 2.31. The van der Waals surface area contributed by atoms with E-state index in [9.17, 15) is 0 Å². The highest BCUT2D eigenvalue weighted by Crippen LogP contribution is 2.25. The second kappa shape index (κ2) is 7.19. The molecule has 0 bridgehead atoms. The smallest absolute Gasteiger partial charge is 0.0638 e. The van der Waals surface area contributed by atoms with E-state index in [1.165, 1.54) is 0 Å². The van der Waals surface area contributed by atoms with Crippen LogP contribution in [0.4, 0.5) is 0 Å². The molecule has 0 saturated carbocycles. The number of benzene rings is 1. The Morgan fingerprint density at radius 1 is 1.35 bits per heavy atom. The fourth-order valence-corrected chi connectivity index (χ4v) is 1.89. The van der Waals surface area contributed by atoms with Gasteiger partial charge in [-0.1, -0.05) is 29.3 Å². The highest BCUT2D eigenvalue weighted by molar-refractivity contribution is 6.42. The Balaban J connectivity index is 2.68. The van der Waals surface area contributed by atoms with Crippen molar-refractivity contribution in [2.45, 2.75) is 19.0 Å². The van der Waals surface area contributed by atoms with Crippen molar-refractivity contribution in [1.29, 1.82) is 0 Å². The van der Waals surface area contributed by atoms with E-state index in [0.29, 0.717) is 16.7 Å². The van der Waals surface area contributed by atoms with Crippen LogP contribution in [-0.4, -0.2) is 31.5 Å². The van der Waals surface area contributed by atoms with E-state index in [-0.39, 0.29) is 18.7 Å². The number of hydrogen-bond acceptors (Lipinski definition) is 3. The van der Waals surface area contributed by atoms with Gasteiger partial charge in [0.15, 0.2) is 0 Å². The van der Waals surface area contributed by atoms with Crippen LogP contribution in [-0.2, 0) is 4.74 Å². The third-order valence-corrected chi connectivity index (χ3v) is 3.26. The number of aliphatic hydroxyl groups excluding tert-OH is 1. The van der Waals surface area contributed by atoms with E-state index >= 15 is 0 Å². The van der Waals surface area contributed by atoms with Gasteiger partial charge in [-0.05, 0) is 24.6 Å². The van der Waals surface area contributed by atoms with Gasteiger partial charge < -0.3 is 15.2 Å². The molecule has 0 spiro atoms. The van der Waals surface area contributed by atoms with E-state index in [1.807, 2.05) is 19.1 Å². The number of ether oxygens (including phenoxy) is 1. The van der Waals surface area contributed by atoms with Crippen LogP contribution < -0.4 is 5.32 Å². The molecule has 1 aromatic rings. The predicted molar refractivity (Wildman–Crippen MR) is 70.8 cm³/mol. The molecule has 96 valence electrons. The Bertz CT molecular complexity index is 360. The molecule has 2 N–H and O–H groups in total. The standard InChI is InChI=1S/C12H17Cl2NO2/c1-8(15-10(6-16)7-17-2)9-3-4-11(13)12(14)5-9/h3-5,8,10,15-16H,6-7H2,1-2H3. The number of halogens is 2. The van der Waals surface area contributed by atoms with Crippen molar-refractivity contribution in [2.24, 2.45) is 0 Å². The topological polar surface area (TPSA) is 41.5 Å². The SMILES string of the molecule is COCC(CO)NC(C)c1ccc(Cl)c(Cl)c1. The Labute approximate surface area is 112 Å². The molecule has 0 saturated heterocycles. The lowest BCUT2D eigenvalue weighted by Crippen LogP contribution is -2.38. The molecule has 17 heavy (non-hydrogen) atoms. The molecule has 0 amide bonds. The van der Waals surface area contributed by atoms with Crippen molar-refractivity contribution >= 4 is 23.2 Å². The summed E-state index contributed by atoms with van der Waals surface area (Å²) in [5.41, 5.74) is 1.02. The van der Waals surface area contributed by atoms with Gasteiger partial charge in [0.1, 0.15) is 0 Å². The number of rotatable bonds is 6. The summed E-state index contributed by atoms with van der Waals surface area (Å²) in [7, 11) is 1.61. The lowest BCUT2D eigenvalue weighted by atomic mass is 10.1. The molecule has 2 atom stereocenters. The maximum absolute atomic E-state index is 9.16. The summed E-state index contributed by atoms with van der Waals surface area (Å²) in [5, 5.41) is 13.5. The highest BCUT2D eigenvalue weighted by Gasteiger charge is 2.13. The van der Waals surface area contributed by atoms with Crippen LogP contribution in [0.3, 0.4) is 0 Å². The van der Waals surface area contributed by atoms with Gasteiger partial charge in [-0.15, -0.1) is 0 Å². The molecule has 0 aliphatic heterocycles. The Kier molecular flexibility index (Phi) is 6.23.